The molecule has 1 aliphatic heterocycles. The molecule has 0 bridgehead atoms. The molecule has 2 rings (SSSR count). The summed E-state index contributed by atoms with van der Waals surface area (Å²) in [6.45, 7) is 8.70. The summed E-state index contributed by atoms with van der Waals surface area (Å²) in [6.07, 6.45) is 2.03. The molecule has 3 heteroatoms. The molecule has 0 amide bonds. The summed E-state index contributed by atoms with van der Waals surface area (Å²) >= 11 is 1.76. The molecule has 0 saturated carbocycles. The smallest absolute Gasteiger partial charge is 0.0922 e. The van der Waals surface area contributed by atoms with Crippen molar-refractivity contribution in [1.29, 1.82) is 0 Å². The van der Waals surface area contributed by atoms with E-state index in [-0.39, 0.29) is 11.5 Å². The summed E-state index contributed by atoms with van der Waals surface area (Å²) in [5.41, 5.74) is 0.188. The molecule has 1 saturated heterocycles. The standard InChI is InChI=1S/C14H23NOS/c1-14(2,3)12-7-6-11(17-12)13(16)10-5-4-8-15-9-10/h6-7,10,13,15-16H,4-5,8-9H2,1-3H3. The van der Waals surface area contributed by atoms with Crippen LogP contribution >= 0.6 is 11.3 Å². The molecule has 2 atom stereocenters. The number of hydrogen-bond acceptors (Lipinski definition) is 3. The summed E-state index contributed by atoms with van der Waals surface area (Å²) in [5.74, 6) is 0.384. The molecule has 96 valence electrons. The van der Waals surface area contributed by atoms with Crippen molar-refractivity contribution in [2.45, 2.75) is 45.1 Å². The van der Waals surface area contributed by atoms with Crippen molar-refractivity contribution in [3.63, 3.8) is 0 Å². The van der Waals surface area contributed by atoms with Gasteiger partial charge in [-0.15, -0.1) is 11.3 Å². The quantitative estimate of drug-likeness (QED) is 0.849. The van der Waals surface area contributed by atoms with Gasteiger partial charge in [0, 0.05) is 22.2 Å². The van der Waals surface area contributed by atoms with Crippen molar-refractivity contribution >= 4 is 11.3 Å². The van der Waals surface area contributed by atoms with Crippen molar-refractivity contribution in [2.24, 2.45) is 5.92 Å². The predicted molar refractivity (Wildman–Crippen MR) is 73.6 cm³/mol. The van der Waals surface area contributed by atoms with Crippen molar-refractivity contribution in [2.75, 3.05) is 13.1 Å². The molecule has 2 heterocycles. The number of aliphatic hydroxyl groups is 1. The maximum atomic E-state index is 10.4. The molecule has 1 aliphatic rings. The number of nitrogens with one attached hydrogen (secondary N) is 1. The van der Waals surface area contributed by atoms with Crippen molar-refractivity contribution < 1.29 is 5.11 Å². The number of piperidine rings is 1. The number of aliphatic hydroxyl groups excluding tert-OH is 1. The highest BCUT2D eigenvalue weighted by Crippen LogP contribution is 2.36. The van der Waals surface area contributed by atoms with Crippen LogP contribution in [0.4, 0.5) is 0 Å². The van der Waals surface area contributed by atoms with Crippen LogP contribution in [0.25, 0.3) is 0 Å². The molecule has 2 unspecified atom stereocenters. The van der Waals surface area contributed by atoms with Gasteiger partial charge in [0.1, 0.15) is 0 Å². The van der Waals surface area contributed by atoms with Gasteiger partial charge in [-0.25, -0.2) is 0 Å². The van der Waals surface area contributed by atoms with E-state index in [4.69, 9.17) is 0 Å². The fourth-order valence-corrected chi connectivity index (χ4v) is 3.44. The van der Waals surface area contributed by atoms with E-state index in [9.17, 15) is 5.11 Å². The molecule has 17 heavy (non-hydrogen) atoms. The van der Waals surface area contributed by atoms with E-state index in [1.54, 1.807) is 11.3 Å². The Bertz CT molecular complexity index is 361. The third-order valence-electron chi connectivity index (χ3n) is 3.44. The Morgan fingerprint density at radius 1 is 1.41 bits per heavy atom. The number of thiophene rings is 1. The Labute approximate surface area is 108 Å². The molecule has 0 radical (unpaired) electrons. The van der Waals surface area contributed by atoms with Gasteiger partial charge in [-0.3, -0.25) is 0 Å². The fourth-order valence-electron chi connectivity index (χ4n) is 2.30. The summed E-state index contributed by atoms with van der Waals surface area (Å²) in [4.78, 5) is 2.49. The van der Waals surface area contributed by atoms with Crippen molar-refractivity contribution in [1.82, 2.24) is 5.32 Å². The van der Waals surface area contributed by atoms with E-state index in [0.717, 1.165) is 24.4 Å². The van der Waals surface area contributed by atoms with Gasteiger partial charge in [0.2, 0.25) is 0 Å². The summed E-state index contributed by atoms with van der Waals surface area (Å²) in [6, 6.07) is 4.27. The highest BCUT2D eigenvalue weighted by molar-refractivity contribution is 7.12. The summed E-state index contributed by atoms with van der Waals surface area (Å²) in [5, 5.41) is 13.8. The monoisotopic (exact) mass is 253 g/mol. The minimum absolute atomic E-state index is 0.188. The van der Waals surface area contributed by atoms with Crippen LogP contribution in [0.15, 0.2) is 12.1 Å². The maximum absolute atomic E-state index is 10.4. The minimum atomic E-state index is -0.288. The molecule has 2 N–H and O–H groups in total. The zero-order chi connectivity index (χ0) is 12.5. The first-order valence-electron chi connectivity index (χ1n) is 6.47. The Morgan fingerprint density at radius 3 is 2.71 bits per heavy atom. The molecule has 0 aliphatic carbocycles. The molecule has 1 aromatic heterocycles. The minimum Gasteiger partial charge on any atom is -0.387 e. The second-order valence-corrected chi connectivity index (χ2v) is 7.12. The molecular weight excluding hydrogens is 230 g/mol. The maximum Gasteiger partial charge on any atom is 0.0922 e. The summed E-state index contributed by atoms with van der Waals surface area (Å²) in [7, 11) is 0. The van der Waals surface area contributed by atoms with Gasteiger partial charge < -0.3 is 10.4 Å². The van der Waals surface area contributed by atoms with Crippen LogP contribution in [0.2, 0.25) is 0 Å². The Hall–Kier alpha value is -0.380. The highest BCUT2D eigenvalue weighted by atomic mass is 32.1. The van der Waals surface area contributed by atoms with Crippen LogP contribution in [-0.4, -0.2) is 18.2 Å². The van der Waals surface area contributed by atoms with Gasteiger partial charge in [-0.05, 0) is 36.9 Å². The predicted octanol–water partition coefficient (Wildman–Crippen LogP) is 3.08. The van der Waals surface area contributed by atoms with Gasteiger partial charge in [0.15, 0.2) is 0 Å². The first-order valence-corrected chi connectivity index (χ1v) is 7.29. The van der Waals surface area contributed by atoms with E-state index in [2.05, 4.69) is 38.2 Å². The van der Waals surface area contributed by atoms with Crippen LogP contribution < -0.4 is 5.32 Å². The third-order valence-corrected chi connectivity index (χ3v) is 5.02. The van der Waals surface area contributed by atoms with Gasteiger partial charge in [0.05, 0.1) is 6.10 Å². The van der Waals surface area contributed by atoms with E-state index in [0.29, 0.717) is 5.92 Å². The zero-order valence-electron chi connectivity index (χ0n) is 11.0. The molecule has 0 spiro atoms. The SMILES string of the molecule is CC(C)(C)c1ccc(C(O)C2CCCNC2)s1. The van der Waals surface area contributed by atoms with Gasteiger partial charge in [-0.1, -0.05) is 20.8 Å². The number of hydrogen-bond donors (Lipinski definition) is 2. The first kappa shape index (κ1) is 13.1. The van der Waals surface area contributed by atoms with E-state index in [1.807, 2.05) is 0 Å². The third kappa shape index (κ3) is 3.09. The van der Waals surface area contributed by atoms with E-state index < -0.39 is 0 Å². The van der Waals surface area contributed by atoms with Crippen LogP contribution in [0.3, 0.4) is 0 Å². The lowest BCUT2D eigenvalue weighted by molar-refractivity contribution is 0.0953. The molecule has 1 fully saturated rings. The lowest BCUT2D eigenvalue weighted by atomic mass is 9.92. The average molecular weight is 253 g/mol. The lowest BCUT2D eigenvalue weighted by Gasteiger charge is -2.26. The molecule has 1 aromatic rings. The Morgan fingerprint density at radius 2 is 2.18 bits per heavy atom. The lowest BCUT2D eigenvalue weighted by Crippen LogP contribution is -2.33. The average Bonchev–Trinajstić information content (AvgIpc) is 2.78. The van der Waals surface area contributed by atoms with Crippen LogP contribution in [0, 0.1) is 5.92 Å². The molecular formula is C14H23NOS. The van der Waals surface area contributed by atoms with E-state index >= 15 is 0 Å². The van der Waals surface area contributed by atoms with Crippen molar-refractivity contribution in [3.8, 4) is 0 Å². The van der Waals surface area contributed by atoms with Gasteiger partial charge in [0.25, 0.3) is 0 Å². The second kappa shape index (κ2) is 5.09. The normalized spacial score (nSPS) is 23.6. The second-order valence-electron chi connectivity index (χ2n) is 6.00. The van der Waals surface area contributed by atoms with Crippen molar-refractivity contribution in [3.05, 3.63) is 21.9 Å². The first-order chi connectivity index (χ1) is 7.98. The molecule has 0 aromatic carbocycles. The Balaban J connectivity index is 2.08. The van der Waals surface area contributed by atoms with Crippen LogP contribution in [-0.2, 0) is 5.41 Å². The fraction of sp³-hybridized carbons (Fsp3) is 0.714. The number of rotatable bonds is 2. The van der Waals surface area contributed by atoms with E-state index in [1.165, 1.54) is 11.3 Å². The highest BCUT2D eigenvalue weighted by Gasteiger charge is 2.25. The largest absolute Gasteiger partial charge is 0.387 e. The van der Waals surface area contributed by atoms with Gasteiger partial charge in [-0.2, -0.15) is 0 Å². The zero-order valence-corrected chi connectivity index (χ0v) is 11.8. The van der Waals surface area contributed by atoms with Crippen LogP contribution in [0.1, 0.15) is 49.5 Å². The topological polar surface area (TPSA) is 32.3 Å². The van der Waals surface area contributed by atoms with Gasteiger partial charge >= 0.3 is 0 Å². The Kier molecular flexibility index (Phi) is 3.91. The molecule has 2 nitrogen and oxygen atoms in total. The summed E-state index contributed by atoms with van der Waals surface area (Å²) < 4.78 is 0. The van der Waals surface area contributed by atoms with Crippen LogP contribution in [0.5, 0.6) is 0 Å².